The lowest BCUT2D eigenvalue weighted by Gasteiger charge is -2.07. The fourth-order valence-corrected chi connectivity index (χ4v) is 1.97. The van der Waals surface area contributed by atoms with Crippen LogP contribution >= 0.6 is 0 Å². The third kappa shape index (κ3) is 5.58. The molecule has 0 aromatic heterocycles. The second-order valence-corrected chi connectivity index (χ2v) is 4.96. The first-order chi connectivity index (χ1) is 10.8. The van der Waals surface area contributed by atoms with Crippen molar-refractivity contribution in [3.05, 3.63) is 59.7 Å². The van der Waals surface area contributed by atoms with Gasteiger partial charge in [0.25, 0.3) is 0 Å². The summed E-state index contributed by atoms with van der Waals surface area (Å²) in [5.41, 5.74) is 4.80. The monoisotopic (exact) mass is 302 g/mol. The van der Waals surface area contributed by atoms with E-state index in [0.29, 0.717) is 6.61 Å². The van der Waals surface area contributed by atoms with E-state index in [1.54, 1.807) is 7.11 Å². The summed E-state index contributed by atoms with van der Waals surface area (Å²) in [5, 5.41) is 0. The Bertz CT molecular complexity index is 534. The zero-order chi connectivity index (χ0) is 15.6. The Labute approximate surface area is 131 Å². The van der Waals surface area contributed by atoms with Crippen LogP contribution in [0.3, 0.4) is 0 Å². The molecule has 0 atom stereocenters. The highest BCUT2D eigenvalue weighted by molar-refractivity contribution is 5.63. The van der Waals surface area contributed by atoms with E-state index >= 15 is 0 Å². The van der Waals surface area contributed by atoms with E-state index in [4.69, 9.17) is 18.9 Å². The second kappa shape index (κ2) is 9.33. The van der Waals surface area contributed by atoms with Crippen LogP contribution in [0.5, 0.6) is 0 Å². The minimum Gasteiger partial charge on any atom is -0.359 e. The minimum absolute atomic E-state index is 0.167. The number of methoxy groups -OCH3 is 1. The SMILES string of the molecule is COCOCOCOCc1ccc(-c2ccc(C)cc2)cc1. The van der Waals surface area contributed by atoms with Crippen molar-refractivity contribution in [3.8, 4) is 11.1 Å². The third-order valence-electron chi connectivity index (χ3n) is 3.14. The maximum atomic E-state index is 5.42. The molecule has 4 heteroatoms. The number of hydrogen-bond acceptors (Lipinski definition) is 4. The fourth-order valence-electron chi connectivity index (χ4n) is 1.97. The van der Waals surface area contributed by atoms with Crippen molar-refractivity contribution in [3.63, 3.8) is 0 Å². The quantitative estimate of drug-likeness (QED) is 0.522. The summed E-state index contributed by atoms with van der Waals surface area (Å²) in [5.74, 6) is 0. The molecule has 0 aliphatic heterocycles. The van der Waals surface area contributed by atoms with Gasteiger partial charge in [-0.3, -0.25) is 0 Å². The summed E-state index contributed by atoms with van der Waals surface area (Å²) in [6.45, 7) is 3.19. The lowest BCUT2D eigenvalue weighted by molar-refractivity contribution is -0.166. The molecule has 22 heavy (non-hydrogen) atoms. The summed E-state index contributed by atoms with van der Waals surface area (Å²) in [4.78, 5) is 0. The van der Waals surface area contributed by atoms with Crippen molar-refractivity contribution in [2.75, 3.05) is 27.5 Å². The van der Waals surface area contributed by atoms with Gasteiger partial charge in [0.2, 0.25) is 0 Å². The molecule has 0 aliphatic rings. The molecule has 0 heterocycles. The molecule has 0 radical (unpaired) electrons. The largest absolute Gasteiger partial charge is 0.359 e. The van der Waals surface area contributed by atoms with Crippen LogP contribution in [-0.4, -0.2) is 27.5 Å². The van der Waals surface area contributed by atoms with Crippen LogP contribution in [0.2, 0.25) is 0 Å². The minimum atomic E-state index is 0.167. The molecule has 0 saturated heterocycles. The van der Waals surface area contributed by atoms with E-state index in [2.05, 4.69) is 55.5 Å². The average molecular weight is 302 g/mol. The second-order valence-electron chi connectivity index (χ2n) is 4.96. The number of rotatable bonds is 9. The molecule has 2 rings (SSSR count). The van der Waals surface area contributed by atoms with Gasteiger partial charge in [0, 0.05) is 7.11 Å². The zero-order valence-electron chi connectivity index (χ0n) is 13.1. The smallest absolute Gasteiger partial charge is 0.152 e. The van der Waals surface area contributed by atoms with Gasteiger partial charge in [0.15, 0.2) is 6.79 Å². The van der Waals surface area contributed by atoms with Gasteiger partial charge in [-0.2, -0.15) is 0 Å². The van der Waals surface area contributed by atoms with Gasteiger partial charge in [-0.1, -0.05) is 54.1 Å². The van der Waals surface area contributed by atoms with Crippen molar-refractivity contribution in [1.82, 2.24) is 0 Å². The Morgan fingerprint density at radius 1 is 0.682 bits per heavy atom. The van der Waals surface area contributed by atoms with Gasteiger partial charge in [0.05, 0.1) is 6.61 Å². The Hall–Kier alpha value is -1.72. The van der Waals surface area contributed by atoms with Crippen molar-refractivity contribution in [2.24, 2.45) is 0 Å². The number of benzene rings is 2. The van der Waals surface area contributed by atoms with Crippen molar-refractivity contribution >= 4 is 0 Å². The van der Waals surface area contributed by atoms with Crippen molar-refractivity contribution in [1.29, 1.82) is 0 Å². The van der Waals surface area contributed by atoms with E-state index in [1.807, 2.05) is 0 Å². The van der Waals surface area contributed by atoms with Crippen molar-refractivity contribution < 1.29 is 18.9 Å². The Morgan fingerprint density at radius 3 is 1.86 bits per heavy atom. The predicted molar refractivity (Wildman–Crippen MR) is 85.2 cm³/mol. The normalized spacial score (nSPS) is 10.8. The van der Waals surface area contributed by atoms with Gasteiger partial charge >= 0.3 is 0 Å². The van der Waals surface area contributed by atoms with Crippen molar-refractivity contribution in [2.45, 2.75) is 13.5 Å². The molecule has 0 unspecified atom stereocenters. The van der Waals surface area contributed by atoms with E-state index in [0.717, 1.165) is 5.56 Å². The molecule has 2 aromatic rings. The Morgan fingerprint density at radius 2 is 1.23 bits per heavy atom. The molecule has 0 N–H and O–H groups in total. The van der Waals surface area contributed by atoms with E-state index in [-0.39, 0.29) is 20.4 Å². The molecule has 0 saturated carbocycles. The molecule has 0 aliphatic carbocycles. The molecule has 118 valence electrons. The number of aryl methyl sites for hydroxylation is 1. The van der Waals surface area contributed by atoms with Crippen LogP contribution in [0, 0.1) is 6.92 Å². The maximum absolute atomic E-state index is 5.42. The van der Waals surface area contributed by atoms with Crippen LogP contribution in [0.25, 0.3) is 11.1 Å². The first kappa shape index (κ1) is 16.6. The van der Waals surface area contributed by atoms with Crippen LogP contribution in [0.4, 0.5) is 0 Å². The molecular weight excluding hydrogens is 280 g/mol. The van der Waals surface area contributed by atoms with Crippen LogP contribution in [0.1, 0.15) is 11.1 Å². The van der Waals surface area contributed by atoms with E-state index < -0.39 is 0 Å². The topological polar surface area (TPSA) is 36.9 Å². The summed E-state index contributed by atoms with van der Waals surface area (Å²) < 4.78 is 20.3. The van der Waals surface area contributed by atoms with Gasteiger partial charge in [-0.15, -0.1) is 0 Å². The highest BCUT2D eigenvalue weighted by Gasteiger charge is 1.98. The van der Waals surface area contributed by atoms with Crippen LogP contribution in [0.15, 0.2) is 48.5 Å². The van der Waals surface area contributed by atoms with Gasteiger partial charge in [0.1, 0.15) is 13.6 Å². The summed E-state index contributed by atoms with van der Waals surface area (Å²) in [6.07, 6.45) is 0. The standard InChI is InChI=1S/C18H22O4/c1-15-3-7-17(8-4-15)18-9-5-16(6-10-18)11-20-13-22-14-21-12-19-2/h3-10H,11-14H2,1-2H3. The lowest BCUT2D eigenvalue weighted by atomic mass is 10.0. The first-order valence-electron chi connectivity index (χ1n) is 7.18. The van der Waals surface area contributed by atoms with Gasteiger partial charge in [-0.25, -0.2) is 0 Å². The number of hydrogen-bond donors (Lipinski definition) is 0. The average Bonchev–Trinajstić information content (AvgIpc) is 2.55. The maximum Gasteiger partial charge on any atom is 0.152 e. The molecule has 0 bridgehead atoms. The Kier molecular flexibility index (Phi) is 7.06. The first-order valence-corrected chi connectivity index (χ1v) is 7.18. The molecule has 2 aromatic carbocycles. The molecule has 0 spiro atoms. The van der Waals surface area contributed by atoms with E-state index in [1.165, 1.54) is 16.7 Å². The highest BCUT2D eigenvalue weighted by Crippen LogP contribution is 2.20. The van der Waals surface area contributed by atoms with Gasteiger partial charge < -0.3 is 18.9 Å². The summed E-state index contributed by atoms with van der Waals surface area (Å²) >= 11 is 0. The van der Waals surface area contributed by atoms with Crippen LogP contribution < -0.4 is 0 Å². The molecule has 0 fully saturated rings. The molecule has 0 amide bonds. The fraction of sp³-hybridized carbons (Fsp3) is 0.333. The summed E-state index contributed by atoms with van der Waals surface area (Å²) in [6, 6.07) is 16.8. The Balaban J connectivity index is 1.74. The van der Waals surface area contributed by atoms with Gasteiger partial charge in [-0.05, 0) is 23.6 Å². The molecular formula is C18H22O4. The predicted octanol–water partition coefficient (Wildman–Crippen LogP) is 3.73. The third-order valence-corrected chi connectivity index (χ3v) is 3.14. The lowest BCUT2D eigenvalue weighted by Crippen LogP contribution is -2.06. The summed E-state index contributed by atoms with van der Waals surface area (Å²) in [7, 11) is 1.57. The molecule has 4 nitrogen and oxygen atoms in total. The van der Waals surface area contributed by atoms with E-state index in [9.17, 15) is 0 Å². The number of ether oxygens (including phenoxy) is 4. The highest BCUT2D eigenvalue weighted by atomic mass is 16.8. The zero-order valence-corrected chi connectivity index (χ0v) is 13.1. The van der Waals surface area contributed by atoms with Crippen LogP contribution in [-0.2, 0) is 25.6 Å².